The maximum Gasteiger partial charge on any atom is 0.321 e. The second kappa shape index (κ2) is 10.6. The Morgan fingerprint density at radius 3 is 2.33 bits per heavy atom. The van der Waals surface area contributed by atoms with E-state index in [4.69, 9.17) is 4.74 Å². The molecule has 0 unspecified atom stereocenters. The number of rotatable bonds is 11. The molecule has 0 saturated heterocycles. The quantitative estimate of drug-likeness (QED) is 0.565. The minimum absolute atomic E-state index is 0.125. The Hall–Kier alpha value is -2.12. The molecule has 0 spiro atoms. The highest BCUT2D eigenvalue weighted by atomic mass is 16.5. The fourth-order valence-electron chi connectivity index (χ4n) is 2.26. The van der Waals surface area contributed by atoms with Crippen LogP contribution in [-0.4, -0.2) is 61.2 Å². The lowest BCUT2D eigenvalue weighted by molar-refractivity contribution is -0.141. The van der Waals surface area contributed by atoms with Crippen molar-refractivity contribution < 1.29 is 19.4 Å². The van der Waals surface area contributed by atoms with Crippen LogP contribution in [0.25, 0.3) is 0 Å². The molecule has 0 aromatic heterocycles. The normalized spacial score (nSPS) is 12.0. The second-order valence-corrected chi connectivity index (χ2v) is 5.35. The van der Waals surface area contributed by atoms with Gasteiger partial charge >= 0.3 is 5.97 Å². The number of aliphatic carboxylic acids is 1. The van der Waals surface area contributed by atoms with Crippen molar-refractivity contribution in [3.8, 4) is 5.75 Å². The highest BCUT2D eigenvalue weighted by Gasteiger charge is 2.20. The molecule has 0 aliphatic carbocycles. The lowest BCUT2D eigenvalue weighted by Gasteiger charge is -2.20. The van der Waals surface area contributed by atoms with Gasteiger partial charge in [-0.3, -0.25) is 9.59 Å². The molecule has 7 nitrogen and oxygen atoms in total. The standard InChI is InChI=1S/C17H27N3O4/c1-4-20(5-2)11-10-18-15(17(22)23)12-16(21)19-13-6-8-14(24-3)9-7-13/h6-9,15,18H,4-5,10-12H2,1-3H3,(H,19,21)(H,22,23)/t15-/m0/s1. The number of methoxy groups -OCH3 is 1. The SMILES string of the molecule is CCN(CC)CCN[C@@H](CC(=O)Nc1ccc(OC)cc1)C(=O)O. The number of anilines is 1. The molecule has 1 aromatic carbocycles. The van der Waals surface area contributed by atoms with Crippen molar-refractivity contribution in [2.75, 3.05) is 38.6 Å². The molecule has 1 amide bonds. The van der Waals surface area contributed by atoms with Gasteiger partial charge in [0.25, 0.3) is 0 Å². The average Bonchev–Trinajstić information content (AvgIpc) is 2.58. The number of carbonyl (C=O) groups excluding carboxylic acids is 1. The van der Waals surface area contributed by atoms with E-state index in [2.05, 4.69) is 29.4 Å². The van der Waals surface area contributed by atoms with Crippen molar-refractivity contribution in [3.05, 3.63) is 24.3 Å². The third-order valence-corrected chi connectivity index (χ3v) is 3.77. The minimum Gasteiger partial charge on any atom is -0.497 e. The monoisotopic (exact) mass is 337 g/mol. The number of carboxylic acids is 1. The molecule has 24 heavy (non-hydrogen) atoms. The topological polar surface area (TPSA) is 90.9 Å². The molecule has 1 aromatic rings. The van der Waals surface area contributed by atoms with Crippen molar-refractivity contribution in [2.45, 2.75) is 26.3 Å². The van der Waals surface area contributed by atoms with Crippen molar-refractivity contribution in [1.82, 2.24) is 10.2 Å². The molecule has 1 rings (SSSR count). The van der Waals surface area contributed by atoms with Crippen LogP contribution < -0.4 is 15.4 Å². The summed E-state index contributed by atoms with van der Waals surface area (Å²) in [6.45, 7) is 7.20. The Balaban J connectivity index is 2.48. The molecule has 134 valence electrons. The van der Waals surface area contributed by atoms with Gasteiger partial charge in [0.15, 0.2) is 0 Å². The highest BCUT2D eigenvalue weighted by Crippen LogP contribution is 2.15. The number of likely N-dealkylation sites (N-methyl/N-ethyl adjacent to an activating group) is 1. The van der Waals surface area contributed by atoms with Crippen LogP contribution in [0.1, 0.15) is 20.3 Å². The summed E-state index contributed by atoms with van der Waals surface area (Å²) >= 11 is 0. The lowest BCUT2D eigenvalue weighted by Crippen LogP contribution is -2.43. The zero-order valence-electron chi connectivity index (χ0n) is 14.5. The largest absolute Gasteiger partial charge is 0.497 e. The highest BCUT2D eigenvalue weighted by molar-refractivity contribution is 5.94. The van der Waals surface area contributed by atoms with Crippen LogP contribution in [0, 0.1) is 0 Å². The van der Waals surface area contributed by atoms with E-state index >= 15 is 0 Å². The number of hydrogen-bond donors (Lipinski definition) is 3. The van der Waals surface area contributed by atoms with Crippen molar-refractivity contribution in [3.63, 3.8) is 0 Å². The summed E-state index contributed by atoms with van der Waals surface area (Å²) in [6, 6.07) is 5.97. The Morgan fingerprint density at radius 1 is 1.21 bits per heavy atom. The van der Waals surface area contributed by atoms with Gasteiger partial charge in [0, 0.05) is 18.8 Å². The second-order valence-electron chi connectivity index (χ2n) is 5.35. The molecule has 0 bridgehead atoms. The molecule has 0 aliphatic heterocycles. The molecule has 3 N–H and O–H groups in total. The summed E-state index contributed by atoms with van der Waals surface area (Å²) in [5.74, 6) is -0.684. The first kappa shape index (κ1) is 19.9. The van der Waals surface area contributed by atoms with Crippen LogP contribution >= 0.6 is 0 Å². The summed E-state index contributed by atoms with van der Waals surface area (Å²) in [4.78, 5) is 25.5. The maximum absolute atomic E-state index is 12.0. The van der Waals surface area contributed by atoms with Gasteiger partial charge in [-0.05, 0) is 37.4 Å². The lowest BCUT2D eigenvalue weighted by atomic mass is 10.2. The van der Waals surface area contributed by atoms with Gasteiger partial charge in [0.1, 0.15) is 11.8 Å². The third-order valence-electron chi connectivity index (χ3n) is 3.77. The van der Waals surface area contributed by atoms with Crippen molar-refractivity contribution >= 4 is 17.6 Å². The maximum atomic E-state index is 12.0. The number of hydrogen-bond acceptors (Lipinski definition) is 5. The van der Waals surface area contributed by atoms with Crippen LogP contribution in [0.2, 0.25) is 0 Å². The van der Waals surface area contributed by atoms with Gasteiger partial charge in [-0.15, -0.1) is 0 Å². The molecular weight excluding hydrogens is 310 g/mol. The molecule has 0 saturated carbocycles. The number of ether oxygens (including phenoxy) is 1. The Kier molecular flexibility index (Phi) is 8.81. The molecule has 0 aliphatic rings. The zero-order chi connectivity index (χ0) is 17.9. The van der Waals surface area contributed by atoms with Gasteiger partial charge in [0.2, 0.25) is 5.91 Å². The number of carboxylic acid groups (broad SMARTS) is 1. The summed E-state index contributed by atoms with van der Waals surface area (Å²) in [7, 11) is 1.56. The van der Waals surface area contributed by atoms with E-state index in [0.29, 0.717) is 18.0 Å². The predicted octanol–water partition coefficient (Wildman–Crippen LogP) is 1.41. The Labute approximate surface area is 143 Å². The minimum atomic E-state index is -1.03. The van der Waals surface area contributed by atoms with Gasteiger partial charge in [0.05, 0.1) is 13.5 Å². The summed E-state index contributed by atoms with van der Waals surface area (Å²) in [5.41, 5.74) is 0.605. The van der Waals surface area contributed by atoms with Crippen LogP contribution in [0.4, 0.5) is 5.69 Å². The van der Waals surface area contributed by atoms with Crippen molar-refractivity contribution in [2.24, 2.45) is 0 Å². The van der Waals surface area contributed by atoms with E-state index < -0.39 is 12.0 Å². The molecular formula is C17H27N3O4. The fourth-order valence-corrected chi connectivity index (χ4v) is 2.26. The number of amides is 1. The molecule has 1 atom stereocenters. The first-order valence-electron chi connectivity index (χ1n) is 8.12. The van der Waals surface area contributed by atoms with Crippen molar-refractivity contribution in [1.29, 1.82) is 0 Å². The van der Waals surface area contributed by atoms with E-state index in [0.717, 1.165) is 19.6 Å². The molecule has 0 heterocycles. The van der Waals surface area contributed by atoms with E-state index in [1.165, 1.54) is 0 Å². The van der Waals surface area contributed by atoms with Crippen LogP contribution in [0.5, 0.6) is 5.75 Å². The summed E-state index contributed by atoms with van der Waals surface area (Å²) in [5, 5.41) is 14.9. The van der Waals surface area contributed by atoms with Gasteiger partial charge in [-0.2, -0.15) is 0 Å². The average molecular weight is 337 g/mol. The summed E-state index contributed by atoms with van der Waals surface area (Å²) < 4.78 is 5.05. The number of nitrogens with zero attached hydrogens (tertiary/aromatic N) is 1. The van der Waals surface area contributed by atoms with E-state index in [1.54, 1.807) is 31.4 Å². The molecule has 7 heteroatoms. The Bertz CT molecular complexity index is 515. The molecule has 0 fully saturated rings. The zero-order valence-corrected chi connectivity index (χ0v) is 14.5. The van der Waals surface area contributed by atoms with Crippen LogP contribution in [0.15, 0.2) is 24.3 Å². The van der Waals surface area contributed by atoms with Gasteiger partial charge in [-0.1, -0.05) is 13.8 Å². The number of carbonyl (C=O) groups is 2. The van der Waals surface area contributed by atoms with Gasteiger partial charge < -0.3 is 25.4 Å². The first-order chi connectivity index (χ1) is 11.5. The number of benzene rings is 1. The Morgan fingerprint density at radius 2 is 1.83 bits per heavy atom. The van der Waals surface area contributed by atoms with Crippen LogP contribution in [-0.2, 0) is 9.59 Å². The number of nitrogens with one attached hydrogen (secondary N) is 2. The molecule has 0 radical (unpaired) electrons. The van der Waals surface area contributed by atoms with Gasteiger partial charge in [-0.25, -0.2) is 0 Å². The van der Waals surface area contributed by atoms with E-state index in [1.807, 2.05) is 0 Å². The summed E-state index contributed by atoms with van der Waals surface area (Å²) in [6.07, 6.45) is -0.125. The predicted molar refractivity (Wildman–Crippen MR) is 93.5 cm³/mol. The van der Waals surface area contributed by atoms with E-state index in [-0.39, 0.29) is 12.3 Å². The van der Waals surface area contributed by atoms with E-state index in [9.17, 15) is 14.7 Å². The third kappa shape index (κ3) is 6.97. The fraction of sp³-hybridized carbons (Fsp3) is 0.529. The first-order valence-corrected chi connectivity index (χ1v) is 8.12. The smallest absolute Gasteiger partial charge is 0.321 e. The van der Waals surface area contributed by atoms with Crippen LogP contribution in [0.3, 0.4) is 0 Å².